The van der Waals surface area contributed by atoms with Crippen molar-refractivity contribution in [3.05, 3.63) is 82.0 Å². The van der Waals surface area contributed by atoms with E-state index < -0.39 is 0 Å². The Morgan fingerprint density at radius 1 is 1.16 bits per heavy atom. The number of methoxy groups -OCH3 is 1. The van der Waals surface area contributed by atoms with Gasteiger partial charge in [-0.1, -0.05) is 18.2 Å². The quantitative estimate of drug-likeness (QED) is 0.535. The second-order valence-corrected chi connectivity index (χ2v) is 8.15. The Balaban J connectivity index is 1.39. The standard InChI is InChI=1S/C26H25NO5/c1-16-12-22-20(14-27(15-30-22)11-10-18-6-4-5-7-21(18)29-3)26-24(16)25(28)23(32-26)13-19-9-8-17(2)31-19/h4-9,12-13H,10-11,14-15H2,1-3H3/b23-13-. The number of benzene rings is 2. The molecule has 6 nitrogen and oxygen atoms in total. The molecule has 0 saturated carbocycles. The Morgan fingerprint density at radius 3 is 2.78 bits per heavy atom. The minimum atomic E-state index is -0.125. The number of rotatable bonds is 5. The van der Waals surface area contributed by atoms with Gasteiger partial charge in [0.05, 0.1) is 18.2 Å². The number of para-hydroxylation sites is 1. The fourth-order valence-corrected chi connectivity index (χ4v) is 4.27. The summed E-state index contributed by atoms with van der Waals surface area (Å²) in [5.74, 6) is 3.79. The Morgan fingerprint density at radius 2 is 2.00 bits per heavy atom. The normalized spacial score (nSPS) is 16.5. The van der Waals surface area contributed by atoms with Crippen molar-refractivity contribution in [3.63, 3.8) is 0 Å². The Labute approximate surface area is 187 Å². The maximum Gasteiger partial charge on any atom is 0.232 e. The third-order valence-corrected chi connectivity index (χ3v) is 5.91. The fraction of sp³-hybridized carbons (Fsp3) is 0.269. The second kappa shape index (κ2) is 8.20. The van der Waals surface area contributed by atoms with E-state index in [-0.39, 0.29) is 11.5 Å². The molecular formula is C26H25NO5. The van der Waals surface area contributed by atoms with E-state index in [1.807, 2.05) is 50.2 Å². The number of Topliss-reactive ketones (excluding diaryl/α,β-unsaturated/α-hetero) is 1. The summed E-state index contributed by atoms with van der Waals surface area (Å²) >= 11 is 0. The zero-order chi connectivity index (χ0) is 22.2. The number of aryl methyl sites for hydroxylation is 2. The highest BCUT2D eigenvalue weighted by Gasteiger charge is 2.35. The SMILES string of the molecule is COc1ccccc1CCN1COc2cc(C)c3c(c2C1)O/C(=C\c1ccc(C)o1)C3=O. The molecule has 2 aromatic carbocycles. The minimum absolute atomic E-state index is 0.125. The van der Waals surface area contributed by atoms with Gasteiger partial charge in [0, 0.05) is 19.2 Å². The van der Waals surface area contributed by atoms with Gasteiger partial charge in [0.25, 0.3) is 0 Å². The van der Waals surface area contributed by atoms with Gasteiger partial charge in [-0.25, -0.2) is 0 Å². The van der Waals surface area contributed by atoms with Crippen LogP contribution < -0.4 is 14.2 Å². The van der Waals surface area contributed by atoms with Crippen molar-refractivity contribution in [2.75, 3.05) is 20.4 Å². The molecule has 32 heavy (non-hydrogen) atoms. The summed E-state index contributed by atoms with van der Waals surface area (Å²) in [7, 11) is 1.69. The van der Waals surface area contributed by atoms with Gasteiger partial charge >= 0.3 is 0 Å². The number of carbonyl (C=O) groups is 1. The van der Waals surface area contributed by atoms with Crippen LogP contribution in [0.15, 0.2) is 52.6 Å². The Bertz CT molecular complexity index is 1220. The highest BCUT2D eigenvalue weighted by Crippen LogP contribution is 2.44. The van der Waals surface area contributed by atoms with Gasteiger partial charge in [-0.05, 0) is 55.7 Å². The molecule has 0 atom stereocenters. The van der Waals surface area contributed by atoms with E-state index in [9.17, 15) is 4.79 Å². The molecule has 0 unspecified atom stereocenters. The van der Waals surface area contributed by atoms with Crippen LogP contribution in [0.3, 0.4) is 0 Å². The number of hydrogen-bond acceptors (Lipinski definition) is 6. The van der Waals surface area contributed by atoms with Crippen molar-refractivity contribution >= 4 is 11.9 Å². The predicted octanol–water partition coefficient (Wildman–Crippen LogP) is 4.92. The van der Waals surface area contributed by atoms with E-state index in [0.717, 1.165) is 46.9 Å². The topological polar surface area (TPSA) is 61.1 Å². The first-order chi connectivity index (χ1) is 15.5. The molecule has 0 radical (unpaired) electrons. The lowest BCUT2D eigenvalue weighted by Crippen LogP contribution is -2.34. The monoisotopic (exact) mass is 431 g/mol. The molecule has 2 aliphatic heterocycles. The van der Waals surface area contributed by atoms with Crippen LogP contribution in [-0.2, 0) is 13.0 Å². The molecule has 3 heterocycles. The number of ketones is 1. The molecule has 6 heteroatoms. The van der Waals surface area contributed by atoms with E-state index in [4.69, 9.17) is 18.6 Å². The lowest BCUT2D eigenvalue weighted by Gasteiger charge is -2.30. The summed E-state index contributed by atoms with van der Waals surface area (Å²) in [5, 5.41) is 0. The molecule has 0 bridgehead atoms. The van der Waals surface area contributed by atoms with Gasteiger partial charge in [-0.2, -0.15) is 0 Å². The number of nitrogens with zero attached hydrogens (tertiary/aromatic N) is 1. The lowest BCUT2D eigenvalue weighted by atomic mass is 9.98. The van der Waals surface area contributed by atoms with Gasteiger partial charge in [-0.15, -0.1) is 0 Å². The number of allylic oxidation sites excluding steroid dienone is 1. The highest BCUT2D eigenvalue weighted by molar-refractivity contribution is 6.15. The van der Waals surface area contributed by atoms with Crippen LogP contribution in [-0.4, -0.2) is 31.1 Å². The third kappa shape index (κ3) is 3.67. The summed E-state index contributed by atoms with van der Waals surface area (Å²) in [5.41, 5.74) is 3.52. The van der Waals surface area contributed by atoms with Crippen molar-refractivity contribution in [1.82, 2.24) is 4.90 Å². The molecule has 0 saturated heterocycles. The van der Waals surface area contributed by atoms with Crippen LogP contribution >= 0.6 is 0 Å². The van der Waals surface area contributed by atoms with Crippen LogP contribution in [0.5, 0.6) is 17.2 Å². The average Bonchev–Trinajstić information content (AvgIpc) is 3.36. The average molecular weight is 431 g/mol. The van der Waals surface area contributed by atoms with Gasteiger partial charge in [0.15, 0.2) is 5.76 Å². The van der Waals surface area contributed by atoms with Gasteiger partial charge in [0.1, 0.15) is 35.5 Å². The summed E-state index contributed by atoms with van der Waals surface area (Å²) in [4.78, 5) is 15.3. The Hall–Kier alpha value is -3.51. The smallest absolute Gasteiger partial charge is 0.232 e. The van der Waals surface area contributed by atoms with Crippen molar-refractivity contribution in [2.45, 2.75) is 26.8 Å². The molecule has 0 aliphatic carbocycles. The van der Waals surface area contributed by atoms with E-state index in [2.05, 4.69) is 11.0 Å². The van der Waals surface area contributed by atoms with E-state index >= 15 is 0 Å². The molecule has 0 amide bonds. The summed E-state index contributed by atoms with van der Waals surface area (Å²) in [6.07, 6.45) is 2.49. The molecule has 0 N–H and O–H groups in total. The number of ether oxygens (including phenoxy) is 3. The van der Waals surface area contributed by atoms with E-state index in [1.165, 1.54) is 0 Å². The molecule has 5 rings (SSSR count). The molecule has 164 valence electrons. The summed E-state index contributed by atoms with van der Waals surface area (Å²) in [6.45, 7) is 5.71. The maximum absolute atomic E-state index is 13.1. The van der Waals surface area contributed by atoms with E-state index in [1.54, 1.807) is 13.2 Å². The van der Waals surface area contributed by atoms with Gasteiger partial charge < -0.3 is 18.6 Å². The van der Waals surface area contributed by atoms with Crippen molar-refractivity contribution in [2.24, 2.45) is 0 Å². The fourth-order valence-electron chi connectivity index (χ4n) is 4.27. The molecule has 0 spiro atoms. The first-order valence-electron chi connectivity index (χ1n) is 10.7. The van der Waals surface area contributed by atoms with Crippen LogP contribution in [0.2, 0.25) is 0 Å². The molecule has 1 aromatic heterocycles. The van der Waals surface area contributed by atoms with Gasteiger partial charge in [-0.3, -0.25) is 9.69 Å². The van der Waals surface area contributed by atoms with Crippen molar-refractivity contribution in [3.8, 4) is 17.2 Å². The predicted molar refractivity (Wildman–Crippen MR) is 120 cm³/mol. The second-order valence-electron chi connectivity index (χ2n) is 8.15. The third-order valence-electron chi connectivity index (χ3n) is 5.91. The number of carbonyl (C=O) groups excluding carboxylic acids is 1. The first kappa shape index (κ1) is 20.4. The minimum Gasteiger partial charge on any atom is -0.496 e. The zero-order valence-corrected chi connectivity index (χ0v) is 18.4. The van der Waals surface area contributed by atoms with Crippen LogP contribution in [0.1, 0.15) is 38.6 Å². The molecule has 2 aliphatic rings. The van der Waals surface area contributed by atoms with Gasteiger partial charge in [0.2, 0.25) is 5.78 Å². The van der Waals surface area contributed by atoms with Crippen molar-refractivity contribution < 1.29 is 23.4 Å². The Kier molecular flexibility index (Phi) is 5.23. The number of hydrogen-bond donors (Lipinski definition) is 0. The molecule has 3 aromatic rings. The largest absolute Gasteiger partial charge is 0.496 e. The van der Waals surface area contributed by atoms with Crippen molar-refractivity contribution in [1.29, 1.82) is 0 Å². The highest BCUT2D eigenvalue weighted by atomic mass is 16.5. The van der Waals surface area contributed by atoms with E-state index in [0.29, 0.717) is 30.3 Å². The first-order valence-corrected chi connectivity index (χ1v) is 10.7. The number of furan rings is 1. The van der Waals surface area contributed by atoms with Crippen LogP contribution in [0.25, 0.3) is 6.08 Å². The molecule has 0 fully saturated rings. The number of fused-ring (bicyclic) bond motifs is 3. The summed E-state index contributed by atoms with van der Waals surface area (Å²) in [6, 6.07) is 13.7. The van der Waals surface area contributed by atoms with Crippen LogP contribution in [0, 0.1) is 13.8 Å². The molecular weight excluding hydrogens is 406 g/mol. The maximum atomic E-state index is 13.1. The summed E-state index contributed by atoms with van der Waals surface area (Å²) < 4.78 is 23.2. The zero-order valence-electron chi connectivity index (χ0n) is 18.4. The van der Waals surface area contributed by atoms with Crippen LogP contribution in [0.4, 0.5) is 0 Å². The lowest BCUT2D eigenvalue weighted by molar-refractivity contribution is 0.0947.